The molecule has 2 rings (SSSR count). The number of carbonyl (C=O) groups excluding carboxylic acids is 3. The lowest BCUT2D eigenvalue weighted by Crippen LogP contribution is -2.36. The van der Waals surface area contributed by atoms with E-state index < -0.39 is 5.97 Å². The fraction of sp³-hybridized carbons (Fsp3) is 0.227. The zero-order valence-electron chi connectivity index (χ0n) is 16.6. The maximum Gasteiger partial charge on any atom is 0.330 e. The van der Waals surface area contributed by atoms with Gasteiger partial charge in [0.25, 0.3) is 0 Å². The van der Waals surface area contributed by atoms with Crippen LogP contribution in [0.2, 0.25) is 0 Å². The molecule has 7 nitrogen and oxygen atoms in total. The number of para-hydroxylation sites is 1. The number of esters is 1. The molecule has 0 aliphatic heterocycles. The van der Waals surface area contributed by atoms with Crippen LogP contribution < -0.4 is 10.6 Å². The van der Waals surface area contributed by atoms with Crippen LogP contribution in [0.1, 0.15) is 12.5 Å². The number of nitrogens with one attached hydrogen (secondary N) is 2. The standard InChI is InChI=1S/C22H25N3O4/c1-3-29-22(28)14-11-17-9-12-19(13-10-17)24-21(27)16-25(2)15-20(26)23-18-7-5-4-6-8-18/h4-14H,3,15-16H2,1-2H3,(H,23,26)(H,24,27)/b14-11+. The summed E-state index contributed by atoms with van der Waals surface area (Å²) < 4.78 is 4.82. The van der Waals surface area contributed by atoms with E-state index in [2.05, 4.69) is 10.6 Å². The van der Waals surface area contributed by atoms with Crippen LogP contribution in [0.4, 0.5) is 11.4 Å². The maximum atomic E-state index is 12.2. The summed E-state index contributed by atoms with van der Waals surface area (Å²) in [6, 6.07) is 16.2. The molecule has 2 amide bonds. The van der Waals surface area contributed by atoms with Crippen LogP contribution in [-0.4, -0.2) is 49.4 Å². The van der Waals surface area contributed by atoms with Crippen LogP contribution in [0.25, 0.3) is 6.08 Å². The van der Waals surface area contributed by atoms with Gasteiger partial charge < -0.3 is 15.4 Å². The second kappa shape index (κ2) is 11.4. The zero-order valence-corrected chi connectivity index (χ0v) is 16.6. The van der Waals surface area contributed by atoms with Gasteiger partial charge in [0.05, 0.1) is 19.7 Å². The number of benzene rings is 2. The number of ether oxygens (including phenoxy) is 1. The monoisotopic (exact) mass is 395 g/mol. The van der Waals surface area contributed by atoms with Crippen molar-refractivity contribution in [2.45, 2.75) is 6.92 Å². The molecule has 0 aliphatic carbocycles. The predicted octanol–water partition coefficient (Wildman–Crippen LogP) is 2.77. The Morgan fingerprint density at radius 2 is 1.45 bits per heavy atom. The second-order valence-electron chi connectivity index (χ2n) is 6.34. The lowest BCUT2D eigenvalue weighted by molar-refractivity contribution is -0.137. The predicted molar refractivity (Wildman–Crippen MR) is 113 cm³/mol. The number of hydrogen-bond acceptors (Lipinski definition) is 5. The van der Waals surface area contributed by atoms with Gasteiger partial charge in [0.15, 0.2) is 0 Å². The minimum atomic E-state index is -0.399. The van der Waals surface area contributed by atoms with E-state index in [0.29, 0.717) is 18.0 Å². The summed E-state index contributed by atoms with van der Waals surface area (Å²) in [5, 5.41) is 5.56. The van der Waals surface area contributed by atoms with Gasteiger partial charge in [0, 0.05) is 17.5 Å². The van der Waals surface area contributed by atoms with E-state index in [1.807, 2.05) is 18.2 Å². The van der Waals surface area contributed by atoms with Gasteiger partial charge in [-0.2, -0.15) is 0 Å². The van der Waals surface area contributed by atoms with Gasteiger partial charge in [0.1, 0.15) is 0 Å². The largest absolute Gasteiger partial charge is 0.463 e. The molecule has 0 atom stereocenters. The lowest BCUT2D eigenvalue weighted by Gasteiger charge is -2.16. The van der Waals surface area contributed by atoms with E-state index >= 15 is 0 Å². The van der Waals surface area contributed by atoms with E-state index in [9.17, 15) is 14.4 Å². The van der Waals surface area contributed by atoms with Crippen LogP contribution in [0.15, 0.2) is 60.7 Å². The third-order valence-electron chi connectivity index (χ3n) is 3.78. The number of nitrogens with zero attached hydrogens (tertiary/aromatic N) is 1. The van der Waals surface area contributed by atoms with Crippen molar-refractivity contribution in [1.82, 2.24) is 4.90 Å². The number of rotatable bonds is 9. The number of hydrogen-bond donors (Lipinski definition) is 2. The quantitative estimate of drug-likeness (QED) is 0.504. The molecule has 2 aromatic carbocycles. The SMILES string of the molecule is CCOC(=O)/C=C/c1ccc(NC(=O)CN(C)CC(=O)Nc2ccccc2)cc1. The fourth-order valence-electron chi connectivity index (χ4n) is 2.50. The molecule has 0 saturated carbocycles. The summed E-state index contributed by atoms with van der Waals surface area (Å²) in [6.45, 7) is 2.25. The highest BCUT2D eigenvalue weighted by molar-refractivity contribution is 5.94. The summed E-state index contributed by atoms with van der Waals surface area (Å²) in [4.78, 5) is 37.1. The summed E-state index contributed by atoms with van der Waals surface area (Å²) in [5.74, 6) is -0.816. The molecule has 0 bridgehead atoms. The molecular formula is C22H25N3O4. The minimum absolute atomic E-state index is 0.0761. The molecule has 2 N–H and O–H groups in total. The molecule has 29 heavy (non-hydrogen) atoms. The molecule has 0 saturated heterocycles. The van der Waals surface area contributed by atoms with Crippen molar-refractivity contribution < 1.29 is 19.1 Å². The van der Waals surface area contributed by atoms with Crippen molar-refractivity contribution >= 4 is 35.2 Å². The van der Waals surface area contributed by atoms with Crippen molar-refractivity contribution in [3.63, 3.8) is 0 Å². The van der Waals surface area contributed by atoms with Crippen LogP contribution >= 0.6 is 0 Å². The first-order valence-corrected chi connectivity index (χ1v) is 9.24. The van der Waals surface area contributed by atoms with Gasteiger partial charge in [0.2, 0.25) is 11.8 Å². The average molecular weight is 395 g/mol. The second-order valence-corrected chi connectivity index (χ2v) is 6.34. The molecule has 0 radical (unpaired) electrons. The average Bonchev–Trinajstić information content (AvgIpc) is 2.68. The van der Waals surface area contributed by atoms with Gasteiger partial charge in [-0.25, -0.2) is 4.79 Å². The van der Waals surface area contributed by atoms with E-state index in [-0.39, 0.29) is 24.9 Å². The first kappa shape index (κ1) is 21.8. The zero-order chi connectivity index (χ0) is 21.1. The molecule has 0 fully saturated rings. The van der Waals surface area contributed by atoms with E-state index in [4.69, 9.17) is 4.74 Å². The molecule has 152 valence electrons. The third kappa shape index (κ3) is 8.40. The number of carbonyl (C=O) groups is 3. The van der Waals surface area contributed by atoms with E-state index in [0.717, 1.165) is 5.56 Å². The topological polar surface area (TPSA) is 87.7 Å². The van der Waals surface area contributed by atoms with Gasteiger partial charge in [-0.15, -0.1) is 0 Å². The first-order chi connectivity index (χ1) is 14.0. The number of likely N-dealkylation sites (N-methyl/N-ethyl adjacent to an activating group) is 1. The maximum absolute atomic E-state index is 12.2. The Morgan fingerprint density at radius 1 is 0.897 bits per heavy atom. The molecule has 7 heteroatoms. The van der Waals surface area contributed by atoms with Crippen molar-refractivity contribution in [3.05, 3.63) is 66.2 Å². The highest BCUT2D eigenvalue weighted by Crippen LogP contribution is 2.11. The van der Waals surface area contributed by atoms with Gasteiger partial charge in [-0.1, -0.05) is 30.3 Å². The summed E-state index contributed by atoms with van der Waals surface area (Å²) in [6.07, 6.45) is 3.00. The normalized spacial score (nSPS) is 10.7. The van der Waals surface area contributed by atoms with E-state index in [1.165, 1.54) is 6.08 Å². The first-order valence-electron chi connectivity index (χ1n) is 9.24. The highest BCUT2D eigenvalue weighted by Gasteiger charge is 2.11. The highest BCUT2D eigenvalue weighted by atomic mass is 16.5. The van der Waals surface area contributed by atoms with Crippen molar-refractivity contribution in [1.29, 1.82) is 0 Å². The van der Waals surface area contributed by atoms with Crippen LogP contribution in [0.3, 0.4) is 0 Å². The van der Waals surface area contributed by atoms with E-state index in [1.54, 1.807) is 61.3 Å². The third-order valence-corrected chi connectivity index (χ3v) is 3.78. The molecule has 0 unspecified atom stereocenters. The fourth-order valence-corrected chi connectivity index (χ4v) is 2.50. The molecule has 0 heterocycles. The molecule has 2 aromatic rings. The summed E-state index contributed by atoms with van der Waals surface area (Å²) in [5.41, 5.74) is 2.16. The minimum Gasteiger partial charge on any atom is -0.463 e. The molecular weight excluding hydrogens is 370 g/mol. The van der Waals surface area contributed by atoms with Gasteiger partial charge >= 0.3 is 5.97 Å². The Balaban J connectivity index is 1.77. The molecule has 0 aromatic heterocycles. The lowest BCUT2D eigenvalue weighted by atomic mass is 10.2. The Bertz CT molecular complexity index is 848. The smallest absolute Gasteiger partial charge is 0.330 e. The van der Waals surface area contributed by atoms with Crippen LogP contribution in [0, 0.1) is 0 Å². The Hall–Kier alpha value is -3.45. The Morgan fingerprint density at radius 3 is 2.00 bits per heavy atom. The van der Waals surface area contributed by atoms with Crippen molar-refractivity contribution in [3.8, 4) is 0 Å². The van der Waals surface area contributed by atoms with Gasteiger partial charge in [-0.05, 0) is 49.9 Å². The van der Waals surface area contributed by atoms with Crippen LogP contribution in [0.5, 0.6) is 0 Å². The van der Waals surface area contributed by atoms with Crippen LogP contribution in [-0.2, 0) is 19.1 Å². The number of amides is 2. The number of anilines is 2. The van der Waals surface area contributed by atoms with Crippen molar-refractivity contribution in [2.75, 3.05) is 37.4 Å². The molecule has 0 spiro atoms. The summed E-state index contributed by atoms with van der Waals surface area (Å²) in [7, 11) is 1.70. The van der Waals surface area contributed by atoms with Crippen molar-refractivity contribution in [2.24, 2.45) is 0 Å². The van der Waals surface area contributed by atoms with Gasteiger partial charge in [-0.3, -0.25) is 14.5 Å². The Kier molecular flexibility index (Phi) is 8.59. The molecule has 0 aliphatic rings. The summed E-state index contributed by atoms with van der Waals surface area (Å²) >= 11 is 0. The Labute approximate surface area is 170 Å².